The van der Waals surface area contributed by atoms with E-state index in [9.17, 15) is 52.7 Å². The molecule has 0 radical (unpaired) electrons. The predicted molar refractivity (Wildman–Crippen MR) is 79.4 cm³/mol. The van der Waals surface area contributed by atoms with Crippen molar-refractivity contribution in [2.24, 2.45) is 0 Å². The van der Waals surface area contributed by atoms with Crippen LogP contribution >= 0.6 is 0 Å². The van der Waals surface area contributed by atoms with E-state index in [0.717, 1.165) is 12.8 Å². The quantitative estimate of drug-likeness (QED) is 0.221. The SMILES string of the molecule is CCCCCCCCCC(F)(F)C(F)(F)C(F)(F)C(F)(F)C(F)(F)C(F)(F)CO. The zero-order valence-electron chi connectivity index (χ0n) is 15.3. The van der Waals surface area contributed by atoms with Gasteiger partial charge in [0, 0.05) is 6.42 Å². The Kier molecular flexibility index (Phi) is 9.22. The first kappa shape index (κ1) is 28.1. The molecule has 0 aromatic rings. The molecule has 0 aliphatic heterocycles. The number of hydrogen-bond donors (Lipinski definition) is 1. The van der Waals surface area contributed by atoms with E-state index >= 15 is 0 Å². The highest BCUT2D eigenvalue weighted by atomic mass is 19.4. The van der Waals surface area contributed by atoms with Crippen LogP contribution < -0.4 is 0 Å². The van der Waals surface area contributed by atoms with Gasteiger partial charge in [-0.25, -0.2) is 0 Å². The van der Waals surface area contributed by atoms with Gasteiger partial charge in [-0.15, -0.1) is 0 Å². The van der Waals surface area contributed by atoms with Crippen LogP contribution in [-0.2, 0) is 0 Å². The lowest BCUT2D eigenvalue weighted by Gasteiger charge is -2.41. The van der Waals surface area contributed by atoms with E-state index in [2.05, 4.69) is 0 Å². The molecule has 13 heteroatoms. The van der Waals surface area contributed by atoms with E-state index in [-0.39, 0.29) is 12.8 Å². The smallest absolute Gasteiger partial charge is 0.384 e. The number of aliphatic hydroxyl groups is 1. The van der Waals surface area contributed by atoms with Crippen LogP contribution in [0, 0.1) is 0 Å². The maximum atomic E-state index is 13.6. The molecule has 0 saturated heterocycles. The molecule has 0 amide bonds. The molecule has 0 aliphatic rings. The van der Waals surface area contributed by atoms with E-state index < -0.39 is 55.0 Å². The van der Waals surface area contributed by atoms with E-state index in [1.54, 1.807) is 0 Å². The Balaban J connectivity index is 5.45. The molecule has 0 atom stereocenters. The van der Waals surface area contributed by atoms with Crippen LogP contribution in [0.15, 0.2) is 0 Å². The third-order valence-electron chi connectivity index (χ3n) is 4.39. The summed E-state index contributed by atoms with van der Waals surface area (Å²) in [4.78, 5) is 0. The molecule has 0 heterocycles. The molecule has 29 heavy (non-hydrogen) atoms. The van der Waals surface area contributed by atoms with Crippen molar-refractivity contribution >= 4 is 0 Å². The average Bonchev–Trinajstić information content (AvgIpc) is 2.59. The summed E-state index contributed by atoms with van der Waals surface area (Å²) >= 11 is 0. The molecule has 0 bridgehead atoms. The third-order valence-corrected chi connectivity index (χ3v) is 4.39. The molecule has 0 unspecified atom stereocenters. The van der Waals surface area contributed by atoms with Gasteiger partial charge < -0.3 is 5.11 Å². The molecular weight excluding hydrogens is 436 g/mol. The summed E-state index contributed by atoms with van der Waals surface area (Å²) in [5.41, 5.74) is 0. The van der Waals surface area contributed by atoms with Gasteiger partial charge in [0.1, 0.15) is 6.61 Å². The van der Waals surface area contributed by atoms with E-state index in [1.165, 1.54) is 0 Å². The second kappa shape index (κ2) is 9.51. The number of halogens is 12. The van der Waals surface area contributed by atoms with E-state index in [4.69, 9.17) is 5.11 Å². The summed E-state index contributed by atoms with van der Waals surface area (Å²) in [7, 11) is 0. The molecule has 0 spiro atoms. The second-order valence-corrected chi connectivity index (χ2v) is 6.74. The number of aliphatic hydroxyl groups excluding tert-OH is 1. The first-order valence-electron chi connectivity index (χ1n) is 8.75. The van der Waals surface area contributed by atoms with Crippen LogP contribution in [0.25, 0.3) is 0 Å². The number of alkyl halides is 12. The lowest BCUT2D eigenvalue weighted by atomic mass is 9.89. The fraction of sp³-hybridized carbons (Fsp3) is 1.00. The number of unbranched alkanes of at least 4 members (excludes halogenated alkanes) is 6. The predicted octanol–water partition coefficient (Wildman–Crippen LogP) is 6.93. The van der Waals surface area contributed by atoms with Crippen LogP contribution in [0.4, 0.5) is 52.7 Å². The maximum Gasteiger partial charge on any atom is 0.384 e. The first-order chi connectivity index (χ1) is 12.9. The van der Waals surface area contributed by atoms with Crippen LogP contribution in [-0.4, -0.2) is 47.2 Å². The fourth-order valence-electron chi connectivity index (χ4n) is 2.41. The molecule has 0 rings (SSSR count). The van der Waals surface area contributed by atoms with Crippen molar-refractivity contribution in [3.63, 3.8) is 0 Å². The van der Waals surface area contributed by atoms with Crippen LogP contribution in [0.5, 0.6) is 0 Å². The van der Waals surface area contributed by atoms with Gasteiger partial charge in [0.2, 0.25) is 0 Å². The molecule has 0 aromatic carbocycles. The lowest BCUT2D eigenvalue weighted by molar-refractivity contribution is -0.427. The Morgan fingerprint density at radius 2 is 0.828 bits per heavy atom. The molecular formula is C16H22F12O. The Hall–Kier alpha value is -0.880. The lowest BCUT2D eigenvalue weighted by Crippen LogP contribution is -2.71. The summed E-state index contributed by atoms with van der Waals surface area (Å²) in [5, 5.41) is 8.00. The van der Waals surface area contributed by atoms with Crippen molar-refractivity contribution in [2.75, 3.05) is 6.61 Å². The molecule has 0 saturated carbocycles. The first-order valence-corrected chi connectivity index (χ1v) is 8.75. The van der Waals surface area contributed by atoms with Crippen molar-refractivity contribution in [1.82, 2.24) is 0 Å². The van der Waals surface area contributed by atoms with Crippen molar-refractivity contribution < 1.29 is 57.8 Å². The van der Waals surface area contributed by atoms with Gasteiger partial charge in [-0.3, -0.25) is 0 Å². The zero-order valence-corrected chi connectivity index (χ0v) is 15.3. The molecule has 0 fully saturated rings. The van der Waals surface area contributed by atoms with Gasteiger partial charge in [-0.05, 0) is 6.42 Å². The minimum absolute atomic E-state index is 0.143. The van der Waals surface area contributed by atoms with Crippen molar-refractivity contribution in [3.05, 3.63) is 0 Å². The van der Waals surface area contributed by atoms with Gasteiger partial charge in [-0.1, -0.05) is 45.4 Å². The Labute approximate surface area is 159 Å². The van der Waals surface area contributed by atoms with Crippen molar-refractivity contribution in [3.8, 4) is 0 Å². The molecule has 1 nitrogen and oxygen atoms in total. The summed E-state index contributed by atoms with van der Waals surface area (Å²) in [6.07, 6.45) is 0.135. The van der Waals surface area contributed by atoms with E-state index in [1.807, 2.05) is 6.92 Å². The molecule has 0 aliphatic carbocycles. The van der Waals surface area contributed by atoms with Crippen LogP contribution in [0.2, 0.25) is 0 Å². The topological polar surface area (TPSA) is 20.2 Å². The van der Waals surface area contributed by atoms with Gasteiger partial charge in [-0.2, -0.15) is 52.7 Å². The highest BCUT2D eigenvalue weighted by Crippen LogP contribution is 2.60. The summed E-state index contributed by atoms with van der Waals surface area (Å²) in [6, 6.07) is 0. The Morgan fingerprint density at radius 3 is 1.21 bits per heavy atom. The van der Waals surface area contributed by atoms with Gasteiger partial charge in [0.05, 0.1) is 0 Å². The molecule has 176 valence electrons. The largest absolute Gasteiger partial charge is 0.390 e. The van der Waals surface area contributed by atoms with Crippen molar-refractivity contribution in [2.45, 2.75) is 93.8 Å². The van der Waals surface area contributed by atoms with Gasteiger partial charge in [0.25, 0.3) is 0 Å². The van der Waals surface area contributed by atoms with Crippen LogP contribution in [0.3, 0.4) is 0 Å². The fourth-order valence-corrected chi connectivity index (χ4v) is 2.41. The summed E-state index contributed by atoms with van der Waals surface area (Å²) < 4.78 is 160. The van der Waals surface area contributed by atoms with Crippen molar-refractivity contribution in [1.29, 1.82) is 0 Å². The highest BCUT2D eigenvalue weighted by molar-refractivity contribution is 5.11. The van der Waals surface area contributed by atoms with E-state index in [0.29, 0.717) is 12.8 Å². The third kappa shape index (κ3) is 5.25. The monoisotopic (exact) mass is 458 g/mol. The number of hydrogen-bond acceptors (Lipinski definition) is 1. The summed E-state index contributed by atoms with van der Waals surface area (Å²) in [5.74, 6) is -41.6. The normalized spacial score (nSPS) is 15.1. The minimum Gasteiger partial charge on any atom is -0.390 e. The number of rotatable bonds is 14. The average molecular weight is 458 g/mol. The Morgan fingerprint density at radius 1 is 0.483 bits per heavy atom. The highest BCUT2D eigenvalue weighted by Gasteiger charge is 2.89. The minimum atomic E-state index is -7.60. The molecule has 1 N–H and O–H groups in total. The maximum absolute atomic E-state index is 13.6. The van der Waals surface area contributed by atoms with Crippen LogP contribution in [0.1, 0.15) is 58.3 Å². The van der Waals surface area contributed by atoms with Gasteiger partial charge in [0.15, 0.2) is 0 Å². The second-order valence-electron chi connectivity index (χ2n) is 6.74. The molecule has 0 aromatic heterocycles. The Bertz CT molecular complexity index is 504. The summed E-state index contributed by atoms with van der Waals surface area (Å²) in [6.45, 7) is -1.23. The standard InChI is InChI=1S/C16H22F12O/c1-2-3-4-5-6-7-8-9-11(17,18)13(21,22)15(25,26)16(27,28)14(23,24)12(19,20)10-29/h29H,2-10H2,1H3. The zero-order chi connectivity index (χ0) is 23.4. The van der Waals surface area contributed by atoms with Gasteiger partial charge >= 0.3 is 35.5 Å².